The minimum Gasteiger partial charge on any atom is -0.493 e. The summed E-state index contributed by atoms with van der Waals surface area (Å²) in [6, 6.07) is 7.70. The lowest BCUT2D eigenvalue weighted by Gasteiger charge is -2.36. The summed E-state index contributed by atoms with van der Waals surface area (Å²) in [6.07, 6.45) is 3.56. The number of aliphatic imine (C=N–C) groups is 1. The highest BCUT2D eigenvalue weighted by Gasteiger charge is 2.21. The molecule has 1 N–H and O–H groups in total. The first-order valence-corrected chi connectivity index (χ1v) is 9.52. The Kier molecular flexibility index (Phi) is 9.23. The van der Waals surface area contributed by atoms with Gasteiger partial charge in [0.15, 0.2) is 17.5 Å². The van der Waals surface area contributed by atoms with Crippen molar-refractivity contribution in [3.8, 4) is 11.5 Å². The van der Waals surface area contributed by atoms with E-state index in [4.69, 9.17) is 14.5 Å². The van der Waals surface area contributed by atoms with Gasteiger partial charge in [0.1, 0.15) is 0 Å². The number of para-hydroxylation sites is 1. The highest BCUT2D eigenvalue weighted by atomic mass is 127. The summed E-state index contributed by atoms with van der Waals surface area (Å²) < 4.78 is 10.9. The van der Waals surface area contributed by atoms with E-state index in [2.05, 4.69) is 32.0 Å². The molecule has 0 bridgehead atoms. The fraction of sp³-hybridized carbons (Fsp3) is 0.450. The molecule has 0 saturated carbocycles. The van der Waals surface area contributed by atoms with E-state index in [0.29, 0.717) is 6.54 Å². The van der Waals surface area contributed by atoms with Crippen LogP contribution in [0, 0.1) is 0 Å². The molecule has 1 aromatic heterocycles. The molecule has 9 heteroatoms. The number of hydrogen-bond donors (Lipinski definition) is 1. The monoisotopic (exact) mass is 512 g/mol. The van der Waals surface area contributed by atoms with Crippen molar-refractivity contribution in [3.05, 3.63) is 42.2 Å². The van der Waals surface area contributed by atoms with Gasteiger partial charge in [0.05, 0.1) is 20.8 Å². The molecule has 0 aliphatic carbocycles. The van der Waals surface area contributed by atoms with Crippen molar-refractivity contribution >= 4 is 35.9 Å². The number of piperazine rings is 1. The molecule has 1 aliphatic heterocycles. The molecule has 2 aromatic rings. The Morgan fingerprint density at radius 1 is 1.07 bits per heavy atom. The number of aromatic nitrogens is 2. The zero-order valence-corrected chi connectivity index (χ0v) is 19.5. The number of rotatable bonds is 6. The summed E-state index contributed by atoms with van der Waals surface area (Å²) in [7, 11) is 3.30. The van der Waals surface area contributed by atoms with Gasteiger partial charge in [-0.25, -0.2) is 15.0 Å². The van der Waals surface area contributed by atoms with Crippen LogP contribution in [-0.2, 0) is 6.54 Å². The number of hydrogen-bond acceptors (Lipinski definition) is 6. The van der Waals surface area contributed by atoms with Crippen LogP contribution in [0.15, 0.2) is 41.7 Å². The molecule has 1 aliphatic rings. The largest absolute Gasteiger partial charge is 0.493 e. The van der Waals surface area contributed by atoms with E-state index < -0.39 is 0 Å². The predicted molar refractivity (Wildman–Crippen MR) is 126 cm³/mol. The number of anilines is 1. The highest BCUT2D eigenvalue weighted by Crippen LogP contribution is 2.31. The van der Waals surface area contributed by atoms with E-state index in [0.717, 1.165) is 61.7 Å². The number of ether oxygens (including phenoxy) is 2. The molecule has 3 rings (SSSR count). The van der Waals surface area contributed by atoms with Crippen molar-refractivity contribution in [1.29, 1.82) is 0 Å². The van der Waals surface area contributed by atoms with Crippen molar-refractivity contribution < 1.29 is 9.47 Å². The van der Waals surface area contributed by atoms with Crippen LogP contribution in [0.5, 0.6) is 11.5 Å². The van der Waals surface area contributed by atoms with E-state index >= 15 is 0 Å². The fourth-order valence-corrected chi connectivity index (χ4v) is 3.24. The van der Waals surface area contributed by atoms with Crippen LogP contribution in [0.3, 0.4) is 0 Å². The van der Waals surface area contributed by atoms with Crippen molar-refractivity contribution in [2.45, 2.75) is 13.5 Å². The predicted octanol–water partition coefficient (Wildman–Crippen LogP) is 2.40. The second-order valence-corrected chi connectivity index (χ2v) is 6.35. The Morgan fingerprint density at radius 2 is 1.79 bits per heavy atom. The lowest BCUT2D eigenvalue weighted by Crippen LogP contribution is -2.52. The fourth-order valence-electron chi connectivity index (χ4n) is 3.24. The van der Waals surface area contributed by atoms with E-state index in [9.17, 15) is 0 Å². The molecule has 0 amide bonds. The molecule has 1 aromatic carbocycles. The Hall–Kier alpha value is -2.30. The summed E-state index contributed by atoms with van der Waals surface area (Å²) in [5.41, 5.74) is 0.994. The van der Waals surface area contributed by atoms with Gasteiger partial charge in [0, 0.05) is 50.7 Å². The van der Waals surface area contributed by atoms with Gasteiger partial charge in [-0.05, 0) is 19.1 Å². The molecular weight excluding hydrogens is 483 g/mol. The van der Waals surface area contributed by atoms with E-state index in [-0.39, 0.29) is 24.0 Å². The van der Waals surface area contributed by atoms with Crippen LogP contribution in [0.4, 0.5) is 5.95 Å². The Labute approximate surface area is 189 Å². The van der Waals surface area contributed by atoms with Crippen LogP contribution in [0.2, 0.25) is 0 Å². The summed E-state index contributed by atoms with van der Waals surface area (Å²) >= 11 is 0. The summed E-state index contributed by atoms with van der Waals surface area (Å²) in [4.78, 5) is 18.0. The number of nitrogens with one attached hydrogen (secondary N) is 1. The maximum atomic E-state index is 5.52. The zero-order chi connectivity index (χ0) is 19.8. The molecule has 1 saturated heterocycles. The van der Waals surface area contributed by atoms with Crippen molar-refractivity contribution in [3.63, 3.8) is 0 Å². The quantitative estimate of drug-likeness (QED) is 0.362. The van der Waals surface area contributed by atoms with Crippen molar-refractivity contribution in [1.82, 2.24) is 20.2 Å². The van der Waals surface area contributed by atoms with E-state index in [1.54, 1.807) is 26.6 Å². The Balaban J connectivity index is 0.00000300. The highest BCUT2D eigenvalue weighted by molar-refractivity contribution is 14.0. The molecule has 0 unspecified atom stereocenters. The van der Waals surface area contributed by atoms with Gasteiger partial charge in [-0.3, -0.25) is 0 Å². The maximum absolute atomic E-state index is 5.52. The molecule has 2 heterocycles. The second kappa shape index (κ2) is 11.6. The minimum atomic E-state index is 0. The first-order valence-electron chi connectivity index (χ1n) is 9.52. The third-order valence-electron chi connectivity index (χ3n) is 4.63. The summed E-state index contributed by atoms with van der Waals surface area (Å²) in [5, 5.41) is 3.40. The van der Waals surface area contributed by atoms with E-state index in [1.165, 1.54) is 0 Å². The topological polar surface area (TPSA) is 75.1 Å². The normalized spacial score (nSPS) is 14.2. The first-order chi connectivity index (χ1) is 13.8. The van der Waals surface area contributed by atoms with Gasteiger partial charge in [0.25, 0.3) is 0 Å². The minimum absolute atomic E-state index is 0. The van der Waals surface area contributed by atoms with E-state index in [1.807, 2.05) is 24.3 Å². The van der Waals surface area contributed by atoms with Gasteiger partial charge in [-0.1, -0.05) is 12.1 Å². The van der Waals surface area contributed by atoms with Gasteiger partial charge in [0.2, 0.25) is 5.95 Å². The van der Waals surface area contributed by atoms with Crippen LogP contribution in [0.1, 0.15) is 12.5 Å². The average molecular weight is 512 g/mol. The lowest BCUT2D eigenvalue weighted by atomic mass is 10.2. The average Bonchev–Trinajstić information content (AvgIpc) is 2.77. The van der Waals surface area contributed by atoms with Gasteiger partial charge in [-0.2, -0.15) is 0 Å². The SMILES string of the molecule is CCNC(=NCc1cccc(OC)c1OC)N1CCN(c2ncccn2)CC1.I. The zero-order valence-electron chi connectivity index (χ0n) is 17.2. The lowest BCUT2D eigenvalue weighted by molar-refractivity contribution is 0.351. The second-order valence-electron chi connectivity index (χ2n) is 6.35. The molecule has 0 atom stereocenters. The Bertz CT molecular complexity index is 782. The molecule has 0 radical (unpaired) electrons. The molecule has 1 fully saturated rings. The van der Waals surface area contributed by atoms with Crippen LogP contribution >= 0.6 is 24.0 Å². The van der Waals surface area contributed by atoms with Gasteiger partial charge in [-0.15, -0.1) is 24.0 Å². The summed E-state index contributed by atoms with van der Waals surface area (Å²) in [6.45, 7) is 6.85. The molecule has 8 nitrogen and oxygen atoms in total. The smallest absolute Gasteiger partial charge is 0.225 e. The van der Waals surface area contributed by atoms with Crippen molar-refractivity contribution in [2.24, 2.45) is 4.99 Å². The third-order valence-corrected chi connectivity index (χ3v) is 4.63. The van der Waals surface area contributed by atoms with Gasteiger partial charge < -0.3 is 24.6 Å². The molecule has 29 heavy (non-hydrogen) atoms. The number of nitrogens with zero attached hydrogens (tertiary/aromatic N) is 5. The van der Waals surface area contributed by atoms with Gasteiger partial charge >= 0.3 is 0 Å². The first kappa shape index (κ1) is 23.0. The number of methoxy groups -OCH3 is 2. The molecule has 0 spiro atoms. The van der Waals surface area contributed by atoms with Crippen LogP contribution < -0.4 is 19.7 Å². The number of halogens is 1. The standard InChI is InChI=1S/C20H28N6O2.HI/c1-4-21-19(24-15-16-7-5-8-17(27-2)18(16)28-3)25-11-13-26(14-12-25)20-22-9-6-10-23-20;/h5-10H,4,11-15H2,1-3H3,(H,21,24);1H. The number of benzene rings is 1. The maximum Gasteiger partial charge on any atom is 0.225 e. The number of guanidine groups is 1. The Morgan fingerprint density at radius 3 is 2.41 bits per heavy atom. The van der Waals surface area contributed by atoms with Crippen molar-refractivity contribution in [2.75, 3.05) is 51.8 Å². The van der Waals surface area contributed by atoms with Crippen LogP contribution in [0.25, 0.3) is 0 Å². The molecule has 158 valence electrons. The van der Waals surface area contributed by atoms with Crippen LogP contribution in [-0.4, -0.2) is 67.8 Å². The summed E-state index contributed by atoms with van der Waals surface area (Å²) in [5.74, 6) is 3.14. The molecular formula is C20H29IN6O2. The third kappa shape index (κ3) is 5.84.